The first-order valence-corrected chi connectivity index (χ1v) is 8.56. The Labute approximate surface area is 158 Å². The van der Waals surface area contributed by atoms with Gasteiger partial charge in [-0.3, -0.25) is 24.6 Å². The SMILES string of the molecule is COc1cc(/C=C2\SC(=O)N(Cc3ccc([N+](=O)[O-])cc3)C2=O)ccc1O. The molecule has 27 heavy (non-hydrogen) atoms. The normalized spacial score (nSPS) is 15.4. The third-order valence-electron chi connectivity index (χ3n) is 3.86. The van der Waals surface area contributed by atoms with Crippen LogP contribution < -0.4 is 4.74 Å². The van der Waals surface area contributed by atoms with Crippen LogP contribution in [0.15, 0.2) is 47.4 Å². The molecule has 2 aromatic carbocycles. The number of hydrogen-bond donors (Lipinski definition) is 1. The van der Waals surface area contributed by atoms with Crippen molar-refractivity contribution in [2.75, 3.05) is 7.11 Å². The number of nitro benzene ring substituents is 1. The Balaban J connectivity index is 1.79. The van der Waals surface area contributed by atoms with Crippen LogP contribution in [-0.4, -0.2) is 33.2 Å². The summed E-state index contributed by atoms with van der Waals surface area (Å²) in [6.07, 6.45) is 1.54. The van der Waals surface area contributed by atoms with Crippen LogP contribution in [0.5, 0.6) is 11.5 Å². The number of nitrogens with zero attached hydrogens (tertiary/aromatic N) is 2. The Bertz CT molecular complexity index is 955. The third-order valence-corrected chi connectivity index (χ3v) is 4.77. The van der Waals surface area contributed by atoms with E-state index in [-0.39, 0.29) is 28.6 Å². The van der Waals surface area contributed by atoms with Gasteiger partial charge >= 0.3 is 0 Å². The van der Waals surface area contributed by atoms with Crippen LogP contribution in [0.25, 0.3) is 6.08 Å². The molecule has 1 fully saturated rings. The number of carbonyl (C=O) groups is 2. The van der Waals surface area contributed by atoms with Gasteiger partial charge in [-0.1, -0.05) is 18.2 Å². The van der Waals surface area contributed by atoms with E-state index in [4.69, 9.17) is 4.74 Å². The molecule has 0 atom stereocenters. The van der Waals surface area contributed by atoms with Gasteiger partial charge in [0.05, 0.1) is 23.5 Å². The highest BCUT2D eigenvalue weighted by Gasteiger charge is 2.35. The molecule has 2 aromatic rings. The fourth-order valence-electron chi connectivity index (χ4n) is 2.48. The second-order valence-electron chi connectivity index (χ2n) is 5.62. The minimum absolute atomic E-state index is 0.0267. The number of methoxy groups -OCH3 is 1. The summed E-state index contributed by atoms with van der Waals surface area (Å²) in [4.78, 5) is 36.2. The summed E-state index contributed by atoms with van der Waals surface area (Å²) in [7, 11) is 1.41. The van der Waals surface area contributed by atoms with Crippen LogP contribution in [0.4, 0.5) is 10.5 Å². The molecule has 0 unspecified atom stereocenters. The lowest BCUT2D eigenvalue weighted by Crippen LogP contribution is -2.27. The summed E-state index contributed by atoms with van der Waals surface area (Å²) in [5, 5.41) is 19.9. The predicted octanol–water partition coefficient (Wildman–Crippen LogP) is 3.55. The summed E-state index contributed by atoms with van der Waals surface area (Å²) in [5.74, 6) is -0.217. The zero-order valence-corrected chi connectivity index (χ0v) is 14.9. The molecule has 1 saturated heterocycles. The van der Waals surface area contributed by atoms with Crippen molar-refractivity contribution in [1.29, 1.82) is 0 Å². The molecule has 1 aliphatic heterocycles. The van der Waals surface area contributed by atoms with E-state index in [1.165, 1.54) is 37.4 Å². The van der Waals surface area contributed by atoms with Crippen molar-refractivity contribution in [2.45, 2.75) is 6.54 Å². The number of rotatable bonds is 5. The largest absolute Gasteiger partial charge is 0.504 e. The molecule has 138 valence electrons. The Hall–Kier alpha value is -3.33. The number of carbonyl (C=O) groups excluding carboxylic acids is 2. The van der Waals surface area contributed by atoms with Gasteiger partial charge in [-0.05, 0) is 41.1 Å². The molecule has 3 rings (SSSR count). The number of thioether (sulfide) groups is 1. The molecule has 0 aliphatic carbocycles. The average molecular weight is 386 g/mol. The van der Waals surface area contributed by atoms with E-state index in [1.54, 1.807) is 18.2 Å². The van der Waals surface area contributed by atoms with E-state index < -0.39 is 16.1 Å². The Morgan fingerprint density at radius 3 is 2.56 bits per heavy atom. The quantitative estimate of drug-likeness (QED) is 0.475. The minimum Gasteiger partial charge on any atom is -0.504 e. The first-order valence-electron chi connectivity index (χ1n) is 7.74. The Kier molecular flexibility index (Phi) is 5.13. The van der Waals surface area contributed by atoms with Crippen molar-refractivity contribution < 1.29 is 24.4 Å². The summed E-state index contributed by atoms with van der Waals surface area (Å²) in [5.41, 5.74) is 1.15. The average Bonchev–Trinajstić information content (AvgIpc) is 2.91. The molecule has 1 aliphatic rings. The molecule has 0 radical (unpaired) electrons. The molecule has 0 saturated carbocycles. The molecule has 2 amide bonds. The van der Waals surface area contributed by atoms with Gasteiger partial charge in [0.2, 0.25) is 0 Å². The zero-order chi connectivity index (χ0) is 19.6. The first-order chi connectivity index (χ1) is 12.9. The van der Waals surface area contributed by atoms with E-state index >= 15 is 0 Å². The maximum atomic E-state index is 12.5. The number of benzene rings is 2. The number of aromatic hydroxyl groups is 1. The maximum Gasteiger partial charge on any atom is 0.293 e. The van der Waals surface area contributed by atoms with E-state index in [0.717, 1.165) is 16.7 Å². The van der Waals surface area contributed by atoms with Crippen LogP contribution in [-0.2, 0) is 11.3 Å². The topological polar surface area (TPSA) is 110 Å². The number of phenols is 1. The van der Waals surface area contributed by atoms with Crippen LogP contribution in [0.1, 0.15) is 11.1 Å². The molecule has 0 aromatic heterocycles. The number of ether oxygens (including phenoxy) is 1. The molecular weight excluding hydrogens is 372 g/mol. The maximum absolute atomic E-state index is 12.5. The van der Waals surface area contributed by atoms with Gasteiger partial charge in [-0.2, -0.15) is 0 Å². The van der Waals surface area contributed by atoms with Gasteiger partial charge in [-0.15, -0.1) is 0 Å². The monoisotopic (exact) mass is 386 g/mol. The predicted molar refractivity (Wildman–Crippen MR) is 99.3 cm³/mol. The highest BCUT2D eigenvalue weighted by atomic mass is 32.2. The van der Waals surface area contributed by atoms with E-state index in [0.29, 0.717) is 11.1 Å². The second-order valence-corrected chi connectivity index (χ2v) is 6.62. The minimum atomic E-state index is -0.515. The third kappa shape index (κ3) is 3.93. The van der Waals surface area contributed by atoms with Crippen molar-refractivity contribution in [2.24, 2.45) is 0 Å². The molecular formula is C18H14N2O6S. The highest BCUT2D eigenvalue weighted by Crippen LogP contribution is 2.35. The molecule has 1 N–H and O–H groups in total. The molecule has 0 spiro atoms. The van der Waals surface area contributed by atoms with Crippen molar-refractivity contribution >= 4 is 34.7 Å². The number of hydrogen-bond acceptors (Lipinski definition) is 7. The van der Waals surface area contributed by atoms with E-state index in [2.05, 4.69) is 0 Å². The number of imide groups is 1. The number of nitro groups is 1. The lowest BCUT2D eigenvalue weighted by atomic mass is 10.1. The molecule has 0 bridgehead atoms. The number of non-ortho nitro benzene ring substituents is 1. The van der Waals surface area contributed by atoms with Crippen LogP contribution in [0, 0.1) is 10.1 Å². The van der Waals surface area contributed by atoms with Gasteiger partial charge in [-0.25, -0.2) is 0 Å². The lowest BCUT2D eigenvalue weighted by Gasteiger charge is -2.12. The number of phenolic OH excluding ortho intramolecular Hbond substituents is 1. The van der Waals surface area contributed by atoms with E-state index in [1.807, 2.05) is 0 Å². The van der Waals surface area contributed by atoms with Crippen molar-refractivity contribution in [3.8, 4) is 11.5 Å². The molecule has 8 nitrogen and oxygen atoms in total. The summed E-state index contributed by atoms with van der Waals surface area (Å²) < 4.78 is 5.03. The second kappa shape index (κ2) is 7.50. The van der Waals surface area contributed by atoms with Gasteiger partial charge in [0.1, 0.15) is 0 Å². The summed E-state index contributed by atoms with van der Waals surface area (Å²) in [6, 6.07) is 10.3. The van der Waals surface area contributed by atoms with Crippen LogP contribution >= 0.6 is 11.8 Å². The van der Waals surface area contributed by atoms with Crippen molar-refractivity contribution in [3.05, 3.63) is 68.6 Å². The summed E-state index contributed by atoms with van der Waals surface area (Å²) >= 11 is 0.809. The fraction of sp³-hybridized carbons (Fsp3) is 0.111. The standard InChI is InChI=1S/C18H14N2O6S/c1-26-15-8-12(4-7-14(15)21)9-16-17(22)19(18(23)27-16)10-11-2-5-13(6-3-11)20(24)25/h2-9,21H,10H2,1H3/b16-9-. The van der Waals surface area contributed by atoms with Crippen molar-refractivity contribution in [3.63, 3.8) is 0 Å². The van der Waals surface area contributed by atoms with Gasteiger partial charge in [0.15, 0.2) is 11.5 Å². The van der Waals surface area contributed by atoms with Gasteiger partial charge < -0.3 is 9.84 Å². The Morgan fingerprint density at radius 2 is 1.93 bits per heavy atom. The fourth-order valence-corrected chi connectivity index (χ4v) is 3.32. The van der Waals surface area contributed by atoms with Gasteiger partial charge in [0.25, 0.3) is 16.8 Å². The molecule has 1 heterocycles. The van der Waals surface area contributed by atoms with Crippen molar-refractivity contribution in [1.82, 2.24) is 4.90 Å². The smallest absolute Gasteiger partial charge is 0.293 e. The number of amides is 2. The highest BCUT2D eigenvalue weighted by molar-refractivity contribution is 8.18. The zero-order valence-electron chi connectivity index (χ0n) is 14.1. The van der Waals surface area contributed by atoms with Crippen LogP contribution in [0.3, 0.4) is 0 Å². The van der Waals surface area contributed by atoms with Gasteiger partial charge in [0, 0.05) is 12.1 Å². The van der Waals surface area contributed by atoms with E-state index in [9.17, 15) is 24.8 Å². The summed E-state index contributed by atoms with van der Waals surface area (Å²) in [6.45, 7) is 0.0267. The molecule has 9 heteroatoms. The first kappa shape index (κ1) is 18.5. The lowest BCUT2D eigenvalue weighted by molar-refractivity contribution is -0.384. The van der Waals surface area contributed by atoms with Crippen LogP contribution in [0.2, 0.25) is 0 Å². The Morgan fingerprint density at radius 1 is 1.22 bits per heavy atom.